The molecule has 0 aromatic heterocycles. The molecule has 5 nitrogen and oxygen atoms in total. The third kappa shape index (κ3) is 7.11. The van der Waals surface area contributed by atoms with Gasteiger partial charge in [0.15, 0.2) is 4.90 Å². The van der Waals surface area contributed by atoms with Gasteiger partial charge in [-0.25, -0.2) is 8.42 Å². The minimum Gasteiger partial charge on any atom is -0.726 e. The largest absolute Gasteiger partial charge is 0.726 e. The molecule has 3 aromatic rings. The summed E-state index contributed by atoms with van der Waals surface area (Å²) in [6.45, 7) is 1.91. The molecule has 0 fully saturated rings. The van der Waals surface area contributed by atoms with Crippen LogP contribution in [0.25, 0.3) is 0 Å². The third-order valence-electron chi connectivity index (χ3n) is 5.17. The second-order valence-corrected chi connectivity index (χ2v) is 10.6. The highest BCUT2D eigenvalue weighted by atomic mass is 32.3. The van der Waals surface area contributed by atoms with E-state index in [0.717, 1.165) is 17.7 Å². The smallest absolute Gasteiger partial charge is 0.217 e. The fraction of sp³-hybridized carbons (Fsp3) is 0.250. The van der Waals surface area contributed by atoms with Crippen LogP contribution in [-0.2, 0) is 44.3 Å². The lowest BCUT2D eigenvalue weighted by atomic mass is 9.91. The minimum atomic E-state index is -4.69. The van der Waals surface area contributed by atoms with Gasteiger partial charge in [-0.2, -0.15) is 0 Å². The van der Waals surface area contributed by atoms with E-state index in [0.29, 0.717) is 5.56 Å². The molecular formula is C24H26O5S2. The van der Waals surface area contributed by atoms with Crippen molar-refractivity contribution in [3.63, 3.8) is 0 Å². The summed E-state index contributed by atoms with van der Waals surface area (Å²) in [5.41, 5.74) is 4.40. The Labute approximate surface area is 187 Å². The molecule has 0 saturated carbocycles. The third-order valence-corrected chi connectivity index (χ3v) is 7.40. The summed E-state index contributed by atoms with van der Waals surface area (Å²) in [7, 11) is -4.66. The summed E-state index contributed by atoms with van der Waals surface area (Å²) in [6, 6.07) is 23.4. The van der Waals surface area contributed by atoms with Crippen LogP contribution in [0.15, 0.2) is 77.7 Å². The quantitative estimate of drug-likeness (QED) is 0.289. The zero-order valence-electron chi connectivity index (χ0n) is 17.5. The Kier molecular flexibility index (Phi) is 7.78. The molecule has 0 heterocycles. The predicted molar refractivity (Wildman–Crippen MR) is 123 cm³/mol. The molecule has 0 amide bonds. The fourth-order valence-electron chi connectivity index (χ4n) is 3.42. The van der Waals surface area contributed by atoms with Gasteiger partial charge in [0.05, 0.1) is 6.61 Å². The maximum absolute atomic E-state index is 10.6. The Balaban J connectivity index is 1.67. The van der Waals surface area contributed by atoms with Crippen molar-refractivity contribution in [2.75, 3.05) is 6.26 Å². The summed E-state index contributed by atoms with van der Waals surface area (Å²) < 4.78 is 36.1. The molecule has 0 aliphatic rings. The van der Waals surface area contributed by atoms with E-state index < -0.39 is 10.4 Å². The van der Waals surface area contributed by atoms with Crippen molar-refractivity contribution < 1.29 is 22.3 Å². The normalized spacial score (nSPS) is 13.6. The molecule has 164 valence electrons. The van der Waals surface area contributed by atoms with Crippen molar-refractivity contribution in [2.24, 2.45) is 0 Å². The lowest BCUT2D eigenvalue weighted by Gasteiger charge is -2.16. The first-order valence-corrected chi connectivity index (χ1v) is 13.0. The number of phenols is 1. The average Bonchev–Trinajstić information content (AvgIpc) is 2.74. The molecule has 2 unspecified atom stereocenters. The first-order valence-electron chi connectivity index (χ1n) is 9.89. The van der Waals surface area contributed by atoms with E-state index in [4.69, 9.17) is 0 Å². The Morgan fingerprint density at radius 1 is 0.968 bits per heavy atom. The van der Waals surface area contributed by atoms with Crippen molar-refractivity contribution in [1.82, 2.24) is 0 Å². The molecule has 1 N–H and O–H groups in total. The van der Waals surface area contributed by atoms with Gasteiger partial charge in [0.25, 0.3) is 0 Å². The van der Waals surface area contributed by atoms with E-state index >= 15 is 0 Å². The SMILES string of the molecule is CC(Cc1ccccc1C[S+](C)c1ccc(O)cc1)c1ccc(COS(=O)(=O)[O-])cc1. The molecule has 0 aliphatic carbocycles. The van der Waals surface area contributed by atoms with Crippen LogP contribution >= 0.6 is 0 Å². The molecule has 0 radical (unpaired) electrons. The maximum atomic E-state index is 10.6. The lowest BCUT2D eigenvalue weighted by molar-refractivity contribution is 0.253. The van der Waals surface area contributed by atoms with Crippen LogP contribution in [0.5, 0.6) is 5.75 Å². The zero-order valence-corrected chi connectivity index (χ0v) is 19.2. The number of hydrogen-bond donors (Lipinski definition) is 1. The zero-order chi connectivity index (χ0) is 22.4. The number of aromatic hydroxyl groups is 1. The topological polar surface area (TPSA) is 86.7 Å². The number of hydrogen-bond acceptors (Lipinski definition) is 5. The van der Waals surface area contributed by atoms with Gasteiger partial charge in [-0.3, -0.25) is 4.18 Å². The van der Waals surface area contributed by atoms with Crippen molar-refractivity contribution >= 4 is 21.3 Å². The lowest BCUT2D eigenvalue weighted by Crippen LogP contribution is -2.08. The van der Waals surface area contributed by atoms with Crippen LogP contribution in [0.3, 0.4) is 0 Å². The van der Waals surface area contributed by atoms with Crippen molar-refractivity contribution in [3.05, 3.63) is 95.1 Å². The van der Waals surface area contributed by atoms with E-state index in [1.54, 1.807) is 24.3 Å². The number of phenolic OH excluding ortho intramolecular Hbond substituents is 1. The second kappa shape index (κ2) is 10.3. The van der Waals surface area contributed by atoms with Gasteiger partial charge >= 0.3 is 0 Å². The van der Waals surface area contributed by atoms with E-state index in [2.05, 4.69) is 41.6 Å². The van der Waals surface area contributed by atoms with E-state index in [-0.39, 0.29) is 29.2 Å². The molecular weight excluding hydrogens is 432 g/mol. The molecule has 3 aromatic carbocycles. The first kappa shape index (κ1) is 23.3. The first-order chi connectivity index (χ1) is 14.7. The number of benzene rings is 3. The highest BCUT2D eigenvalue weighted by molar-refractivity contribution is 7.95. The summed E-state index contributed by atoms with van der Waals surface area (Å²) in [4.78, 5) is 1.22. The summed E-state index contributed by atoms with van der Waals surface area (Å²) >= 11 is 0. The molecule has 0 spiro atoms. The Morgan fingerprint density at radius 2 is 1.58 bits per heavy atom. The Hall–Kier alpha value is -2.32. The molecule has 31 heavy (non-hydrogen) atoms. The maximum Gasteiger partial charge on any atom is 0.217 e. The van der Waals surface area contributed by atoms with Gasteiger partial charge in [0.1, 0.15) is 17.8 Å². The van der Waals surface area contributed by atoms with Gasteiger partial charge in [-0.1, -0.05) is 55.5 Å². The van der Waals surface area contributed by atoms with Crippen LogP contribution in [0.1, 0.15) is 35.1 Å². The van der Waals surface area contributed by atoms with Gasteiger partial charge < -0.3 is 9.66 Å². The highest BCUT2D eigenvalue weighted by Crippen LogP contribution is 2.26. The number of rotatable bonds is 9. The minimum absolute atomic E-state index is 0.0252. The van der Waals surface area contributed by atoms with Crippen molar-refractivity contribution in [3.8, 4) is 5.75 Å². The molecule has 3 rings (SSSR count). The van der Waals surface area contributed by atoms with Gasteiger partial charge in [-0.05, 0) is 53.3 Å². The highest BCUT2D eigenvalue weighted by Gasteiger charge is 2.19. The van der Waals surface area contributed by atoms with Crippen LogP contribution in [0, 0.1) is 0 Å². The Morgan fingerprint density at radius 3 is 2.19 bits per heavy atom. The Bertz CT molecular complexity index is 1090. The van der Waals surface area contributed by atoms with Gasteiger partial charge in [-0.15, -0.1) is 0 Å². The van der Waals surface area contributed by atoms with Crippen LogP contribution in [0.4, 0.5) is 0 Å². The van der Waals surface area contributed by atoms with Crippen molar-refractivity contribution in [2.45, 2.75) is 36.5 Å². The van der Waals surface area contributed by atoms with Crippen molar-refractivity contribution in [1.29, 1.82) is 0 Å². The van der Waals surface area contributed by atoms with E-state index in [9.17, 15) is 18.1 Å². The van der Waals surface area contributed by atoms with Gasteiger partial charge in [0, 0.05) is 16.5 Å². The molecule has 2 atom stereocenters. The molecule has 0 bridgehead atoms. The van der Waals surface area contributed by atoms with E-state index in [1.807, 2.05) is 24.3 Å². The van der Waals surface area contributed by atoms with Crippen LogP contribution in [-0.4, -0.2) is 24.3 Å². The molecule has 0 aliphatic heterocycles. The molecule has 7 heteroatoms. The summed E-state index contributed by atoms with van der Waals surface area (Å²) in [6.07, 6.45) is 3.10. The average molecular weight is 459 g/mol. The van der Waals surface area contributed by atoms with Crippen LogP contribution in [0.2, 0.25) is 0 Å². The summed E-state index contributed by atoms with van der Waals surface area (Å²) in [5, 5.41) is 9.52. The molecule has 0 saturated heterocycles. The predicted octanol–water partition coefficient (Wildman–Crippen LogP) is 4.52. The standard InChI is InChI=1S/C24H26O5S2/c1-18(20-9-7-19(8-10-20)16-29-31(26,27)28)15-21-5-3-4-6-22(21)17-30(2)24-13-11-23(25)12-14-24/h3-14,18H,15-17H2,1-2H3,(H-,25,26,27,28). The summed E-state index contributed by atoms with van der Waals surface area (Å²) in [5.74, 6) is 1.49. The van der Waals surface area contributed by atoms with Crippen LogP contribution < -0.4 is 0 Å². The van der Waals surface area contributed by atoms with Gasteiger partial charge in [0.2, 0.25) is 10.4 Å². The van der Waals surface area contributed by atoms with E-state index in [1.165, 1.54) is 16.0 Å². The monoisotopic (exact) mass is 458 g/mol. The second-order valence-electron chi connectivity index (χ2n) is 7.56. The fourth-order valence-corrected chi connectivity index (χ4v) is 5.22.